The zero-order valence-corrected chi connectivity index (χ0v) is 18.7. The van der Waals surface area contributed by atoms with Crippen molar-refractivity contribution < 1.29 is 29.0 Å². The van der Waals surface area contributed by atoms with Gasteiger partial charge in [-0.3, -0.25) is 9.59 Å². The number of carbonyl (C=O) groups is 3. The molecule has 9 nitrogen and oxygen atoms in total. The van der Waals surface area contributed by atoms with E-state index < -0.39 is 36.1 Å². The lowest BCUT2D eigenvalue weighted by Crippen LogP contribution is -2.56. The summed E-state index contributed by atoms with van der Waals surface area (Å²) in [4.78, 5) is 37.2. The quantitative estimate of drug-likeness (QED) is 0.341. The zero-order chi connectivity index (χ0) is 23.2. The summed E-state index contributed by atoms with van der Waals surface area (Å²) in [7, 11) is 1.49. The van der Waals surface area contributed by atoms with Gasteiger partial charge in [0.15, 0.2) is 6.10 Å². The third-order valence-corrected chi connectivity index (χ3v) is 4.46. The van der Waals surface area contributed by atoms with E-state index in [9.17, 15) is 19.5 Å². The highest BCUT2D eigenvalue weighted by Gasteiger charge is 2.31. The van der Waals surface area contributed by atoms with Gasteiger partial charge in [-0.25, -0.2) is 4.79 Å². The number of aliphatic hydroxyl groups excluding tert-OH is 1. The van der Waals surface area contributed by atoms with Crippen LogP contribution in [-0.4, -0.2) is 68.1 Å². The molecular weight excluding hydrogens is 402 g/mol. The zero-order valence-electron chi connectivity index (χ0n) is 18.7. The third-order valence-electron chi connectivity index (χ3n) is 4.46. The van der Waals surface area contributed by atoms with Crippen LogP contribution in [0.1, 0.15) is 32.8 Å². The largest absolute Gasteiger partial charge is 0.447 e. The van der Waals surface area contributed by atoms with Crippen molar-refractivity contribution in [1.29, 1.82) is 0 Å². The Kier molecular flexibility index (Phi) is 12.2. The SMILES string of the molecule is CCNC(=O)C(O)C(Cc1ccccc1)NC(=O)C(CC(C)C)NC(=O)OCCOC. The van der Waals surface area contributed by atoms with Crippen LogP contribution < -0.4 is 16.0 Å². The Morgan fingerprint density at radius 1 is 1.03 bits per heavy atom. The second-order valence-corrected chi connectivity index (χ2v) is 7.60. The fourth-order valence-electron chi connectivity index (χ4n) is 2.96. The number of methoxy groups -OCH3 is 1. The summed E-state index contributed by atoms with van der Waals surface area (Å²) < 4.78 is 9.83. The first-order valence-electron chi connectivity index (χ1n) is 10.5. The van der Waals surface area contributed by atoms with Crippen molar-refractivity contribution in [3.05, 3.63) is 35.9 Å². The normalized spacial score (nSPS) is 13.7. The molecule has 0 aromatic heterocycles. The van der Waals surface area contributed by atoms with Gasteiger partial charge in [-0.05, 0) is 31.2 Å². The molecule has 174 valence electrons. The first-order chi connectivity index (χ1) is 14.8. The van der Waals surface area contributed by atoms with E-state index in [0.717, 1.165) is 5.56 Å². The third kappa shape index (κ3) is 10.3. The summed E-state index contributed by atoms with van der Waals surface area (Å²) in [5.74, 6) is -0.964. The van der Waals surface area contributed by atoms with Crippen LogP contribution in [0, 0.1) is 5.92 Å². The molecule has 3 amide bonds. The molecule has 0 fully saturated rings. The molecule has 0 aliphatic carbocycles. The number of alkyl carbamates (subject to hydrolysis) is 1. The number of amides is 3. The maximum atomic E-state index is 13.0. The number of carbonyl (C=O) groups excluding carboxylic acids is 3. The number of benzene rings is 1. The van der Waals surface area contributed by atoms with E-state index in [4.69, 9.17) is 9.47 Å². The van der Waals surface area contributed by atoms with Crippen molar-refractivity contribution in [1.82, 2.24) is 16.0 Å². The molecule has 31 heavy (non-hydrogen) atoms. The smallest absolute Gasteiger partial charge is 0.407 e. The fourth-order valence-corrected chi connectivity index (χ4v) is 2.96. The Hall–Kier alpha value is -2.65. The Morgan fingerprint density at radius 3 is 2.29 bits per heavy atom. The summed E-state index contributed by atoms with van der Waals surface area (Å²) >= 11 is 0. The second-order valence-electron chi connectivity index (χ2n) is 7.60. The minimum absolute atomic E-state index is 0.0604. The Labute approximate surface area is 183 Å². The van der Waals surface area contributed by atoms with E-state index in [-0.39, 0.29) is 25.6 Å². The van der Waals surface area contributed by atoms with Crippen LogP contribution >= 0.6 is 0 Å². The van der Waals surface area contributed by atoms with E-state index >= 15 is 0 Å². The van der Waals surface area contributed by atoms with E-state index in [1.165, 1.54) is 7.11 Å². The summed E-state index contributed by atoms with van der Waals surface area (Å²) in [6.45, 7) is 6.24. The summed E-state index contributed by atoms with van der Waals surface area (Å²) in [5, 5.41) is 18.4. The van der Waals surface area contributed by atoms with Crippen molar-refractivity contribution in [2.45, 2.75) is 51.8 Å². The van der Waals surface area contributed by atoms with Crippen LogP contribution in [0.5, 0.6) is 0 Å². The second kappa shape index (κ2) is 14.4. The van der Waals surface area contributed by atoms with Crippen LogP contribution in [0.3, 0.4) is 0 Å². The molecule has 0 heterocycles. The lowest BCUT2D eigenvalue weighted by Gasteiger charge is -2.27. The molecule has 3 atom stereocenters. The predicted octanol–water partition coefficient (Wildman–Crippen LogP) is 0.998. The molecule has 0 bridgehead atoms. The number of rotatable bonds is 13. The average Bonchev–Trinajstić information content (AvgIpc) is 2.73. The number of hydrogen-bond acceptors (Lipinski definition) is 6. The first kappa shape index (κ1) is 26.4. The highest BCUT2D eigenvalue weighted by atomic mass is 16.6. The summed E-state index contributed by atoms with van der Waals surface area (Å²) in [6.07, 6.45) is -1.57. The molecule has 0 spiro atoms. The van der Waals surface area contributed by atoms with Gasteiger partial charge in [0.05, 0.1) is 12.6 Å². The molecule has 0 aliphatic heterocycles. The number of hydrogen-bond donors (Lipinski definition) is 4. The Balaban J connectivity index is 2.93. The van der Waals surface area contributed by atoms with Crippen molar-refractivity contribution in [3.63, 3.8) is 0 Å². The number of likely N-dealkylation sites (N-methyl/N-ethyl adjacent to an activating group) is 1. The van der Waals surface area contributed by atoms with E-state index in [0.29, 0.717) is 13.0 Å². The van der Waals surface area contributed by atoms with Crippen LogP contribution in [0.25, 0.3) is 0 Å². The van der Waals surface area contributed by atoms with E-state index in [1.54, 1.807) is 6.92 Å². The van der Waals surface area contributed by atoms with Gasteiger partial charge in [0.1, 0.15) is 12.6 Å². The molecule has 9 heteroatoms. The van der Waals surface area contributed by atoms with E-state index in [2.05, 4.69) is 16.0 Å². The van der Waals surface area contributed by atoms with Crippen LogP contribution in [-0.2, 0) is 25.5 Å². The minimum atomic E-state index is -1.45. The van der Waals surface area contributed by atoms with Crippen molar-refractivity contribution in [2.75, 3.05) is 26.9 Å². The average molecular weight is 438 g/mol. The van der Waals surface area contributed by atoms with Gasteiger partial charge in [0, 0.05) is 13.7 Å². The lowest BCUT2D eigenvalue weighted by atomic mass is 9.98. The maximum absolute atomic E-state index is 13.0. The number of ether oxygens (including phenoxy) is 2. The van der Waals surface area contributed by atoms with Gasteiger partial charge < -0.3 is 30.5 Å². The van der Waals surface area contributed by atoms with Crippen molar-refractivity contribution in [3.8, 4) is 0 Å². The Morgan fingerprint density at radius 2 is 1.71 bits per heavy atom. The topological polar surface area (TPSA) is 126 Å². The summed E-state index contributed by atoms with van der Waals surface area (Å²) in [5.41, 5.74) is 0.850. The van der Waals surface area contributed by atoms with Crippen LogP contribution in [0.15, 0.2) is 30.3 Å². The summed E-state index contributed by atoms with van der Waals surface area (Å²) in [6, 6.07) is 7.48. The fraction of sp³-hybridized carbons (Fsp3) is 0.591. The van der Waals surface area contributed by atoms with Crippen LogP contribution in [0.4, 0.5) is 4.79 Å². The number of aliphatic hydroxyl groups is 1. The molecule has 0 radical (unpaired) electrons. The molecule has 3 unspecified atom stereocenters. The minimum Gasteiger partial charge on any atom is -0.447 e. The van der Waals surface area contributed by atoms with Gasteiger partial charge in [-0.1, -0.05) is 44.2 Å². The molecule has 1 aromatic rings. The predicted molar refractivity (Wildman–Crippen MR) is 116 cm³/mol. The molecule has 0 saturated heterocycles. The maximum Gasteiger partial charge on any atom is 0.407 e. The molecule has 0 aliphatic rings. The van der Waals surface area contributed by atoms with Gasteiger partial charge in [-0.2, -0.15) is 0 Å². The lowest BCUT2D eigenvalue weighted by molar-refractivity contribution is -0.132. The van der Waals surface area contributed by atoms with Gasteiger partial charge >= 0.3 is 6.09 Å². The first-order valence-corrected chi connectivity index (χ1v) is 10.5. The molecular formula is C22H35N3O6. The highest BCUT2D eigenvalue weighted by molar-refractivity contribution is 5.87. The standard InChI is InChI=1S/C22H35N3O6/c1-5-23-21(28)19(26)17(14-16-9-7-6-8-10-16)24-20(27)18(13-15(2)3)25-22(29)31-12-11-30-4/h6-10,15,17-19,26H,5,11-14H2,1-4H3,(H,23,28)(H,24,27)(H,25,29). The molecule has 0 saturated carbocycles. The van der Waals surface area contributed by atoms with Gasteiger partial charge in [0.2, 0.25) is 5.91 Å². The molecule has 4 N–H and O–H groups in total. The molecule has 1 rings (SSSR count). The van der Waals surface area contributed by atoms with Crippen molar-refractivity contribution in [2.24, 2.45) is 5.92 Å². The number of nitrogens with one attached hydrogen (secondary N) is 3. The van der Waals surface area contributed by atoms with Gasteiger partial charge in [-0.15, -0.1) is 0 Å². The van der Waals surface area contributed by atoms with Crippen LogP contribution in [0.2, 0.25) is 0 Å². The van der Waals surface area contributed by atoms with Crippen molar-refractivity contribution >= 4 is 17.9 Å². The monoisotopic (exact) mass is 437 g/mol. The Bertz CT molecular complexity index is 683. The van der Waals surface area contributed by atoms with Gasteiger partial charge in [0.25, 0.3) is 5.91 Å². The molecule has 1 aromatic carbocycles. The van der Waals surface area contributed by atoms with E-state index in [1.807, 2.05) is 44.2 Å². The highest BCUT2D eigenvalue weighted by Crippen LogP contribution is 2.10.